The molecule has 8 unspecified atom stereocenters. The summed E-state index contributed by atoms with van der Waals surface area (Å²) in [5, 5.41) is 22.6. The number of carbonyl (C=O) groups is 1. The van der Waals surface area contributed by atoms with Crippen molar-refractivity contribution in [2.45, 2.75) is 69.9 Å². The van der Waals surface area contributed by atoms with Gasteiger partial charge in [0.25, 0.3) is 0 Å². The van der Waals surface area contributed by atoms with Gasteiger partial charge in [-0.05, 0) is 37.5 Å². The van der Waals surface area contributed by atoms with E-state index in [1.165, 1.54) is 0 Å². The van der Waals surface area contributed by atoms with E-state index in [2.05, 4.69) is 5.32 Å². The Labute approximate surface area is 126 Å². The van der Waals surface area contributed by atoms with Gasteiger partial charge in [0.1, 0.15) is 0 Å². The van der Waals surface area contributed by atoms with Gasteiger partial charge in [-0.3, -0.25) is 4.79 Å². The largest absolute Gasteiger partial charge is 0.392 e. The Hall–Kier alpha value is -0.690. The molecule has 2 saturated carbocycles. The van der Waals surface area contributed by atoms with Crippen LogP contribution in [0.25, 0.3) is 0 Å². The molecule has 1 amide bonds. The number of carbonyl (C=O) groups excluding carboxylic acids is 1. The quantitative estimate of drug-likeness (QED) is 0.463. The van der Waals surface area contributed by atoms with Crippen molar-refractivity contribution in [3.8, 4) is 0 Å². The molecule has 21 heavy (non-hydrogen) atoms. The first kappa shape index (κ1) is 16.7. The Balaban J connectivity index is 1.95. The molecule has 6 heteroatoms. The second-order valence-corrected chi connectivity index (χ2v) is 6.88. The molecule has 8 atom stereocenters. The average Bonchev–Trinajstić information content (AvgIpc) is 2.45. The molecule has 2 aliphatic carbocycles. The van der Waals surface area contributed by atoms with Gasteiger partial charge in [-0.1, -0.05) is 13.8 Å². The van der Waals surface area contributed by atoms with Crippen molar-refractivity contribution >= 4 is 5.91 Å². The molecule has 0 aromatic carbocycles. The number of rotatable bonds is 2. The molecule has 0 saturated heterocycles. The van der Waals surface area contributed by atoms with Crippen LogP contribution in [0.15, 0.2) is 0 Å². The van der Waals surface area contributed by atoms with E-state index in [4.69, 9.17) is 11.5 Å². The predicted octanol–water partition coefficient (Wildman–Crippen LogP) is -0.676. The van der Waals surface area contributed by atoms with Crippen molar-refractivity contribution in [2.24, 2.45) is 29.2 Å². The maximum Gasteiger partial charge on any atom is 0.223 e. The lowest BCUT2D eigenvalue weighted by Gasteiger charge is -2.40. The van der Waals surface area contributed by atoms with E-state index in [9.17, 15) is 15.0 Å². The van der Waals surface area contributed by atoms with Crippen LogP contribution in [-0.2, 0) is 4.79 Å². The lowest BCUT2D eigenvalue weighted by Crippen LogP contribution is -2.57. The topological polar surface area (TPSA) is 122 Å². The van der Waals surface area contributed by atoms with Crippen LogP contribution in [0, 0.1) is 17.8 Å². The van der Waals surface area contributed by atoms with Crippen molar-refractivity contribution < 1.29 is 15.0 Å². The zero-order valence-electron chi connectivity index (χ0n) is 12.9. The molecular formula is C15H29N3O3. The minimum atomic E-state index is -0.513. The summed E-state index contributed by atoms with van der Waals surface area (Å²) in [4.78, 5) is 12.5. The number of aliphatic hydroxyl groups excluding tert-OH is 2. The molecule has 7 N–H and O–H groups in total. The fourth-order valence-electron chi connectivity index (χ4n) is 3.71. The van der Waals surface area contributed by atoms with Crippen LogP contribution in [0.3, 0.4) is 0 Å². The first-order valence-corrected chi connectivity index (χ1v) is 8.00. The van der Waals surface area contributed by atoms with Crippen molar-refractivity contribution in [1.82, 2.24) is 5.32 Å². The molecule has 2 aliphatic rings. The second-order valence-electron chi connectivity index (χ2n) is 6.88. The maximum absolute atomic E-state index is 12.5. The molecule has 6 nitrogen and oxygen atoms in total. The highest BCUT2D eigenvalue weighted by atomic mass is 16.3. The van der Waals surface area contributed by atoms with E-state index in [1.807, 2.05) is 13.8 Å². The summed E-state index contributed by atoms with van der Waals surface area (Å²) in [5.41, 5.74) is 11.9. The number of nitrogens with one attached hydrogen (secondary N) is 1. The predicted molar refractivity (Wildman–Crippen MR) is 80.2 cm³/mol. The summed E-state index contributed by atoms with van der Waals surface area (Å²) in [5.74, 6) is -0.133. The van der Waals surface area contributed by atoms with E-state index < -0.39 is 12.2 Å². The van der Waals surface area contributed by atoms with Crippen molar-refractivity contribution in [2.75, 3.05) is 0 Å². The smallest absolute Gasteiger partial charge is 0.223 e. The number of amides is 1. The van der Waals surface area contributed by atoms with Crippen LogP contribution in [0.5, 0.6) is 0 Å². The van der Waals surface area contributed by atoms with Crippen LogP contribution in [-0.4, -0.2) is 46.5 Å². The van der Waals surface area contributed by atoms with Gasteiger partial charge >= 0.3 is 0 Å². The van der Waals surface area contributed by atoms with Gasteiger partial charge in [-0.15, -0.1) is 0 Å². The van der Waals surface area contributed by atoms with E-state index in [-0.39, 0.29) is 41.8 Å². The van der Waals surface area contributed by atoms with Crippen molar-refractivity contribution in [3.05, 3.63) is 0 Å². The Morgan fingerprint density at radius 3 is 2.10 bits per heavy atom. The average molecular weight is 299 g/mol. The molecule has 0 bridgehead atoms. The molecule has 0 aliphatic heterocycles. The highest BCUT2D eigenvalue weighted by Crippen LogP contribution is 2.31. The summed E-state index contributed by atoms with van der Waals surface area (Å²) in [6.07, 6.45) is 1.61. The summed E-state index contributed by atoms with van der Waals surface area (Å²) in [6, 6.07) is -0.634. The van der Waals surface area contributed by atoms with Crippen molar-refractivity contribution in [3.63, 3.8) is 0 Å². The van der Waals surface area contributed by atoms with Crippen LogP contribution in [0.2, 0.25) is 0 Å². The molecule has 2 fully saturated rings. The van der Waals surface area contributed by atoms with Crippen LogP contribution in [0.1, 0.15) is 39.5 Å². The minimum Gasteiger partial charge on any atom is -0.392 e. The first-order valence-electron chi connectivity index (χ1n) is 8.00. The third-order valence-corrected chi connectivity index (χ3v) is 5.58. The van der Waals surface area contributed by atoms with E-state index in [0.29, 0.717) is 19.3 Å². The molecule has 122 valence electrons. The van der Waals surface area contributed by atoms with Crippen LogP contribution in [0.4, 0.5) is 0 Å². The van der Waals surface area contributed by atoms with E-state index in [1.54, 1.807) is 0 Å². The van der Waals surface area contributed by atoms with E-state index >= 15 is 0 Å². The van der Waals surface area contributed by atoms with Gasteiger partial charge < -0.3 is 27.0 Å². The molecule has 0 heterocycles. The van der Waals surface area contributed by atoms with Crippen molar-refractivity contribution in [1.29, 1.82) is 0 Å². The Morgan fingerprint density at radius 2 is 1.48 bits per heavy atom. The zero-order valence-corrected chi connectivity index (χ0v) is 12.9. The molecule has 0 aromatic heterocycles. The third-order valence-electron chi connectivity index (χ3n) is 5.58. The summed E-state index contributed by atoms with van der Waals surface area (Å²) >= 11 is 0. The van der Waals surface area contributed by atoms with Crippen LogP contribution < -0.4 is 16.8 Å². The Kier molecular flexibility index (Phi) is 5.24. The van der Waals surface area contributed by atoms with E-state index in [0.717, 1.165) is 6.42 Å². The number of hydrogen-bond donors (Lipinski definition) is 5. The number of aliphatic hydroxyl groups is 2. The monoisotopic (exact) mass is 299 g/mol. The van der Waals surface area contributed by atoms with Gasteiger partial charge in [0.05, 0.1) is 12.2 Å². The summed E-state index contributed by atoms with van der Waals surface area (Å²) < 4.78 is 0. The van der Waals surface area contributed by atoms with Gasteiger partial charge in [0.15, 0.2) is 0 Å². The maximum atomic E-state index is 12.5. The summed E-state index contributed by atoms with van der Waals surface area (Å²) in [7, 11) is 0. The first-order chi connectivity index (χ1) is 9.82. The van der Waals surface area contributed by atoms with Gasteiger partial charge in [-0.25, -0.2) is 0 Å². The fraction of sp³-hybridized carbons (Fsp3) is 0.933. The van der Waals surface area contributed by atoms with Gasteiger partial charge in [0, 0.05) is 24.0 Å². The highest BCUT2D eigenvalue weighted by molar-refractivity contribution is 5.79. The SMILES string of the molecule is CC1C(NC(=O)C2CCC(O)C(N)C2C)CCC(O)C1N. The van der Waals surface area contributed by atoms with Gasteiger partial charge in [0.2, 0.25) is 5.91 Å². The zero-order chi connectivity index (χ0) is 15.7. The normalized spacial score (nSPS) is 47.9. The second kappa shape index (κ2) is 6.60. The third kappa shape index (κ3) is 3.39. The van der Waals surface area contributed by atoms with Crippen LogP contribution >= 0.6 is 0 Å². The highest BCUT2D eigenvalue weighted by Gasteiger charge is 2.40. The Morgan fingerprint density at radius 1 is 0.952 bits per heavy atom. The minimum absolute atomic E-state index is 0.00490. The molecule has 0 spiro atoms. The lowest BCUT2D eigenvalue weighted by atomic mass is 9.74. The number of hydrogen-bond acceptors (Lipinski definition) is 5. The van der Waals surface area contributed by atoms with Gasteiger partial charge in [-0.2, -0.15) is 0 Å². The summed E-state index contributed by atoms with van der Waals surface area (Å²) in [6.45, 7) is 3.90. The molecular weight excluding hydrogens is 270 g/mol. The molecule has 0 aromatic rings. The molecule has 2 rings (SSSR count). The number of nitrogens with two attached hydrogens (primary N) is 2. The fourth-order valence-corrected chi connectivity index (χ4v) is 3.71. The lowest BCUT2D eigenvalue weighted by molar-refractivity contribution is -0.130. The standard InChI is InChI=1S/C15H29N3O3/c1-7-9(3-5-11(19)13(7)16)15(21)18-10-4-6-12(20)14(17)8(10)2/h7-14,19-20H,3-6,16-17H2,1-2H3,(H,18,21). The molecule has 0 radical (unpaired) electrons. The Bertz CT molecular complexity index is 379.